The number of β-lactam (4-membered cyclic amide) rings is 1. The lowest BCUT2D eigenvalue weighted by molar-refractivity contribution is -0.153. The Hall–Kier alpha value is -2.99. The number of ether oxygens (including phenoxy) is 1. The summed E-state index contributed by atoms with van der Waals surface area (Å²) in [4.78, 5) is 41.0. The van der Waals surface area contributed by atoms with Crippen LogP contribution in [-0.4, -0.2) is 77.2 Å². The summed E-state index contributed by atoms with van der Waals surface area (Å²) < 4.78 is 29.3. The standard InChI is InChI=1S/C17H20N4O7S/c1-17(9-28-16(25)20-7-5-18)12(15(23)24)21-13(22)11(14(21)29(17,26)27)8-10-4-2-3-6-19-10/h2-4,6,8,12,14H,5,7,9,18H2,1H3,(H,20,25)(H,23,24)/t12-,14+,17-/m0/s1. The lowest BCUT2D eigenvalue weighted by Gasteiger charge is -2.37. The molecule has 11 nitrogen and oxygen atoms in total. The zero-order chi connectivity index (χ0) is 21.4. The van der Waals surface area contributed by atoms with Gasteiger partial charge in [0.05, 0.1) is 11.3 Å². The van der Waals surface area contributed by atoms with E-state index in [-0.39, 0.29) is 18.7 Å². The summed E-state index contributed by atoms with van der Waals surface area (Å²) in [5.41, 5.74) is 5.55. The number of aromatic nitrogens is 1. The first kappa shape index (κ1) is 20.7. The number of carbonyl (C=O) groups excluding carboxylic acids is 2. The molecule has 0 radical (unpaired) electrons. The van der Waals surface area contributed by atoms with Crippen LogP contribution < -0.4 is 11.1 Å². The van der Waals surface area contributed by atoms with Crippen LogP contribution in [0.1, 0.15) is 12.6 Å². The number of carboxylic acids is 1. The minimum absolute atomic E-state index is 0.0775. The fourth-order valence-corrected chi connectivity index (χ4v) is 5.73. The topological polar surface area (TPSA) is 169 Å². The van der Waals surface area contributed by atoms with Crippen LogP contribution in [0.5, 0.6) is 0 Å². The van der Waals surface area contributed by atoms with Crippen molar-refractivity contribution in [3.63, 3.8) is 0 Å². The maximum Gasteiger partial charge on any atom is 0.407 e. The first-order valence-electron chi connectivity index (χ1n) is 8.67. The third kappa shape index (κ3) is 3.23. The molecule has 29 heavy (non-hydrogen) atoms. The number of sulfone groups is 1. The minimum atomic E-state index is -4.24. The van der Waals surface area contributed by atoms with Crippen LogP contribution in [0.15, 0.2) is 30.0 Å². The molecular weight excluding hydrogens is 404 g/mol. The SMILES string of the molecule is C[C@]1(COC(=O)NCCN)[C@H](C(=O)O)N2C(=O)C(=Cc3ccccn3)[C@H]2S1(=O)=O. The molecular formula is C17H20N4O7S. The normalized spacial score (nSPS) is 28.6. The van der Waals surface area contributed by atoms with Crippen LogP contribution >= 0.6 is 0 Å². The Morgan fingerprint density at radius 1 is 1.45 bits per heavy atom. The molecule has 0 unspecified atom stereocenters. The maximum atomic E-state index is 13.2. The molecule has 1 aromatic heterocycles. The Balaban J connectivity index is 1.95. The Labute approximate surface area is 166 Å². The van der Waals surface area contributed by atoms with Gasteiger partial charge in [0.1, 0.15) is 11.4 Å². The Morgan fingerprint density at radius 3 is 2.76 bits per heavy atom. The summed E-state index contributed by atoms with van der Waals surface area (Å²) in [6.45, 7) is 0.671. The molecule has 3 rings (SSSR count). The molecule has 156 valence electrons. The van der Waals surface area contributed by atoms with Crippen molar-refractivity contribution >= 4 is 33.9 Å². The van der Waals surface area contributed by atoms with Gasteiger partial charge in [-0.3, -0.25) is 9.78 Å². The molecule has 0 saturated carbocycles. The fraction of sp³-hybridized carbons (Fsp3) is 0.412. The van der Waals surface area contributed by atoms with Gasteiger partial charge in [-0.15, -0.1) is 0 Å². The zero-order valence-electron chi connectivity index (χ0n) is 15.4. The summed E-state index contributed by atoms with van der Waals surface area (Å²) in [6.07, 6.45) is 1.87. The average molecular weight is 424 g/mol. The highest BCUT2D eigenvalue weighted by molar-refractivity contribution is 7.94. The Morgan fingerprint density at radius 2 is 2.17 bits per heavy atom. The van der Waals surface area contributed by atoms with Crippen molar-refractivity contribution in [1.82, 2.24) is 15.2 Å². The third-order valence-corrected chi connectivity index (χ3v) is 7.64. The molecule has 1 aromatic rings. The van der Waals surface area contributed by atoms with Crippen molar-refractivity contribution in [1.29, 1.82) is 0 Å². The van der Waals surface area contributed by atoms with E-state index in [0.717, 1.165) is 11.8 Å². The molecule has 0 spiro atoms. The monoisotopic (exact) mass is 424 g/mol. The van der Waals surface area contributed by atoms with Gasteiger partial charge < -0.3 is 25.8 Å². The van der Waals surface area contributed by atoms with Gasteiger partial charge in [-0.25, -0.2) is 18.0 Å². The largest absolute Gasteiger partial charge is 0.480 e. The van der Waals surface area contributed by atoms with Gasteiger partial charge in [-0.1, -0.05) is 6.07 Å². The van der Waals surface area contributed by atoms with E-state index < -0.39 is 50.6 Å². The lowest BCUT2D eigenvalue weighted by atomic mass is 9.94. The first-order valence-corrected chi connectivity index (χ1v) is 10.2. The number of hydrogen-bond donors (Lipinski definition) is 3. The molecule has 0 aliphatic carbocycles. The molecule has 2 amide bonds. The Bertz CT molecular complexity index is 979. The molecule has 2 saturated heterocycles. The van der Waals surface area contributed by atoms with Crippen LogP contribution in [0.3, 0.4) is 0 Å². The highest BCUT2D eigenvalue weighted by Gasteiger charge is 2.72. The quantitative estimate of drug-likeness (QED) is 0.381. The number of hydrogen-bond acceptors (Lipinski definition) is 8. The number of pyridine rings is 1. The van der Waals surface area contributed by atoms with Gasteiger partial charge in [0.2, 0.25) is 0 Å². The second-order valence-electron chi connectivity index (χ2n) is 6.81. The van der Waals surface area contributed by atoms with Gasteiger partial charge in [0, 0.05) is 19.3 Å². The second-order valence-corrected chi connectivity index (χ2v) is 9.28. The molecule has 3 heterocycles. The van der Waals surface area contributed by atoms with Crippen molar-refractivity contribution < 1.29 is 32.6 Å². The lowest BCUT2D eigenvalue weighted by Crippen LogP contribution is -2.59. The summed E-state index contributed by atoms with van der Waals surface area (Å²) in [5.74, 6) is -2.22. The number of carboxylic acid groups (broad SMARTS) is 1. The highest BCUT2D eigenvalue weighted by atomic mass is 32.2. The smallest absolute Gasteiger partial charge is 0.407 e. The molecule has 12 heteroatoms. The van der Waals surface area contributed by atoms with Gasteiger partial charge in [-0.05, 0) is 25.1 Å². The molecule has 2 aliphatic rings. The van der Waals surface area contributed by atoms with E-state index in [1.54, 1.807) is 18.2 Å². The summed E-state index contributed by atoms with van der Waals surface area (Å²) in [6, 6.07) is 3.21. The molecule has 3 atom stereocenters. The minimum Gasteiger partial charge on any atom is -0.480 e. The number of alkyl carbamates (subject to hydrolysis) is 1. The zero-order valence-corrected chi connectivity index (χ0v) is 16.3. The van der Waals surface area contributed by atoms with Crippen molar-refractivity contribution in [2.24, 2.45) is 5.73 Å². The predicted molar refractivity (Wildman–Crippen MR) is 100 cm³/mol. The predicted octanol–water partition coefficient (Wildman–Crippen LogP) is -1.04. The maximum absolute atomic E-state index is 13.2. The van der Waals surface area contributed by atoms with E-state index in [1.807, 2.05) is 0 Å². The van der Waals surface area contributed by atoms with E-state index in [4.69, 9.17) is 10.5 Å². The van der Waals surface area contributed by atoms with Crippen molar-refractivity contribution in [3.05, 3.63) is 35.7 Å². The highest BCUT2D eigenvalue weighted by Crippen LogP contribution is 2.49. The van der Waals surface area contributed by atoms with Crippen LogP contribution in [0.4, 0.5) is 4.79 Å². The van der Waals surface area contributed by atoms with E-state index in [2.05, 4.69) is 10.3 Å². The number of carbonyl (C=O) groups is 3. The van der Waals surface area contributed by atoms with Gasteiger partial charge in [0.15, 0.2) is 21.3 Å². The third-order valence-electron chi connectivity index (χ3n) is 4.93. The number of rotatable bonds is 6. The van der Waals surface area contributed by atoms with Gasteiger partial charge in [-0.2, -0.15) is 0 Å². The summed E-state index contributed by atoms with van der Waals surface area (Å²) >= 11 is 0. The molecule has 2 fully saturated rings. The van der Waals surface area contributed by atoms with Crippen LogP contribution in [0, 0.1) is 0 Å². The van der Waals surface area contributed by atoms with E-state index in [0.29, 0.717) is 5.69 Å². The number of nitrogens with two attached hydrogens (primary N) is 1. The first-order chi connectivity index (χ1) is 13.6. The van der Waals surface area contributed by atoms with Crippen molar-refractivity contribution in [2.75, 3.05) is 19.7 Å². The number of nitrogens with one attached hydrogen (secondary N) is 1. The van der Waals surface area contributed by atoms with Crippen LogP contribution in [-0.2, 0) is 24.2 Å². The van der Waals surface area contributed by atoms with Crippen molar-refractivity contribution in [2.45, 2.75) is 23.1 Å². The van der Waals surface area contributed by atoms with E-state index >= 15 is 0 Å². The number of nitrogens with zero attached hydrogens (tertiary/aromatic N) is 2. The summed E-state index contributed by atoms with van der Waals surface area (Å²) in [5, 5.41) is 10.5. The molecule has 0 aromatic carbocycles. The number of aliphatic carboxylic acids is 1. The molecule has 2 aliphatic heterocycles. The van der Waals surface area contributed by atoms with Crippen LogP contribution in [0.2, 0.25) is 0 Å². The van der Waals surface area contributed by atoms with Crippen molar-refractivity contribution in [3.8, 4) is 0 Å². The Kier molecular flexibility index (Phi) is 5.32. The number of fused-ring (bicyclic) bond motifs is 1. The van der Waals surface area contributed by atoms with E-state index in [1.165, 1.54) is 12.3 Å². The second kappa shape index (κ2) is 7.44. The molecule has 0 bridgehead atoms. The average Bonchev–Trinajstić information content (AvgIpc) is 2.85. The van der Waals surface area contributed by atoms with Gasteiger partial charge >= 0.3 is 12.1 Å². The summed E-state index contributed by atoms with van der Waals surface area (Å²) in [7, 11) is -4.24. The van der Waals surface area contributed by atoms with Crippen LogP contribution in [0.25, 0.3) is 6.08 Å². The fourth-order valence-electron chi connectivity index (χ4n) is 3.45. The molecule has 4 N–H and O–H groups in total. The van der Waals surface area contributed by atoms with Gasteiger partial charge in [0.25, 0.3) is 5.91 Å². The number of amides is 2. The van der Waals surface area contributed by atoms with E-state index in [9.17, 15) is 27.9 Å².